The molecule has 1 aromatic carbocycles. The van der Waals surface area contributed by atoms with Crippen LogP contribution < -0.4 is 4.74 Å². The second-order valence-electron chi connectivity index (χ2n) is 4.87. The lowest BCUT2D eigenvalue weighted by molar-refractivity contribution is 0.0860. The van der Waals surface area contributed by atoms with Crippen LogP contribution in [-0.2, 0) is 0 Å². The molecule has 2 atom stereocenters. The molecule has 0 saturated heterocycles. The maximum Gasteiger partial charge on any atom is 0.235 e. The van der Waals surface area contributed by atoms with E-state index in [1.54, 1.807) is 0 Å². The van der Waals surface area contributed by atoms with Crippen molar-refractivity contribution in [2.24, 2.45) is 5.92 Å². The predicted octanol–water partition coefficient (Wildman–Crippen LogP) is 5.14. The van der Waals surface area contributed by atoms with Gasteiger partial charge >= 0.3 is 0 Å². The third-order valence-electron chi connectivity index (χ3n) is 3.10. The van der Waals surface area contributed by atoms with Gasteiger partial charge in [-0.2, -0.15) is 0 Å². The van der Waals surface area contributed by atoms with Gasteiger partial charge in [0.05, 0.1) is 0 Å². The second-order valence-corrected chi connectivity index (χ2v) is 4.87. The van der Waals surface area contributed by atoms with E-state index in [-0.39, 0.29) is 0 Å². The molecule has 18 heavy (non-hydrogen) atoms. The van der Waals surface area contributed by atoms with Gasteiger partial charge in [-0.05, 0) is 48.6 Å². The molecule has 0 aromatic heterocycles. The Balaban J connectivity index is 2.95. The molecule has 100 valence electrons. The molecule has 1 nitrogen and oxygen atoms in total. The molecule has 0 radical (unpaired) electrons. The first-order valence-corrected chi connectivity index (χ1v) is 6.54. The first-order chi connectivity index (χ1) is 8.43. The van der Waals surface area contributed by atoms with Gasteiger partial charge in [-0.1, -0.05) is 32.4 Å². The van der Waals surface area contributed by atoms with Crippen molar-refractivity contribution in [2.75, 3.05) is 0 Å². The second kappa shape index (κ2) is 6.58. The standard InChI is InChI=1S/C16H23FO/c1-6-11(2)9-12(3)16-8-7-15(10-13(16)4)18-14(5)17/h7-11,14H,6H2,1-5H3/b12-9-. The molecule has 0 spiro atoms. The van der Waals surface area contributed by atoms with Crippen molar-refractivity contribution in [2.45, 2.75) is 47.4 Å². The molecule has 0 aliphatic carbocycles. The quantitative estimate of drug-likeness (QED) is 0.703. The summed E-state index contributed by atoms with van der Waals surface area (Å²) >= 11 is 0. The largest absolute Gasteiger partial charge is 0.461 e. The lowest BCUT2D eigenvalue weighted by Crippen LogP contribution is -2.04. The molecule has 0 aliphatic heterocycles. The van der Waals surface area contributed by atoms with Crippen LogP contribution in [0.25, 0.3) is 5.57 Å². The van der Waals surface area contributed by atoms with Crippen LogP contribution in [0.5, 0.6) is 5.75 Å². The average Bonchev–Trinajstić information content (AvgIpc) is 2.27. The van der Waals surface area contributed by atoms with E-state index in [1.807, 2.05) is 25.1 Å². The van der Waals surface area contributed by atoms with E-state index >= 15 is 0 Å². The van der Waals surface area contributed by atoms with E-state index < -0.39 is 6.36 Å². The van der Waals surface area contributed by atoms with Crippen LogP contribution in [0.4, 0.5) is 4.39 Å². The highest BCUT2D eigenvalue weighted by Gasteiger charge is 2.06. The lowest BCUT2D eigenvalue weighted by atomic mass is 9.97. The van der Waals surface area contributed by atoms with Crippen LogP contribution >= 0.6 is 0 Å². The third-order valence-corrected chi connectivity index (χ3v) is 3.10. The molecular weight excluding hydrogens is 227 g/mol. The summed E-state index contributed by atoms with van der Waals surface area (Å²) in [5, 5.41) is 0. The SMILES string of the molecule is CCC(C)/C=C(/C)c1ccc(OC(C)F)cc1C. The molecule has 0 fully saturated rings. The Morgan fingerprint density at radius 2 is 2.06 bits per heavy atom. The molecule has 1 rings (SSSR count). The Morgan fingerprint density at radius 3 is 2.56 bits per heavy atom. The van der Waals surface area contributed by atoms with Crippen molar-refractivity contribution in [3.05, 3.63) is 35.4 Å². The van der Waals surface area contributed by atoms with Crippen molar-refractivity contribution in [3.8, 4) is 5.75 Å². The van der Waals surface area contributed by atoms with Crippen molar-refractivity contribution >= 4 is 5.57 Å². The molecule has 0 bridgehead atoms. The van der Waals surface area contributed by atoms with E-state index in [1.165, 1.54) is 18.1 Å². The van der Waals surface area contributed by atoms with Gasteiger partial charge in [-0.3, -0.25) is 0 Å². The van der Waals surface area contributed by atoms with Gasteiger partial charge in [-0.15, -0.1) is 0 Å². The monoisotopic (exact) mass is 250 g/mol. The zero-order valence-corrected chi connectivity index (χ0v) is 12.0. The van der Waals surface area contributed by atoms with Crippen molar-refractivity contribution in [3.63, 3.8) is 0 Å². The number of ether oxygens (including phenoxy) is 1. The van der Waals surface area contributed by atoms with Crippen LogP contribution in [0.1, 0.15) is 45.2 Å². The number of rotatable bonds is 5. The number of allylic oxidation sites excluding steroid dienone is 2. The maximum absolute atomic E-state index is 12.8. The van der Waals surface area contributed by atoms with Crippen LogP contribution in [0.2, 0.25) is 0 Å². The van der Waals surface area contributed by atoms with Crippen LogP contribution in [0.15, 0.2) is 24.3 Å². The van der Waals surface area contributed by atoms with Crippen LogP contribution in [0, 0.1) is 12.8 Å². The fourth-order valence-electron chi connectivity index (χ4n) is 1.97. The number of alkyl halides is 1. The summed E-state index contributed by atoms with van der Waals surface area (Å²) in [7, 11) is 0. The van der Waals surface area contributed by atoms with E-state index in [2.05, 4.69) is 26.8 Å². The van der Waals surface area contributed by atoms with E-state index in [4.69, 9.17) is 4.74 Å². The third kappa shape index (κ3) is 4.17. The van der Waals surface area contributed by atoms with Crippen molar-refractivity contribution in [1.82, 2.24) is 0 Å². The highest BCUT2D eigenvalue weighted by Crippen LogP contribution is 2.25. The highest BCUT2D eigenvalue weighted by atomic mass is 19.1. The summed E-state index contributed by atoms with van der Waals surface area (Å²) in [6.45, 7) is 9.92. The Labute approximate surface area is 110 Å². The Kier molecular flexibility index (Phi) is 5.39. The summed E-state index contributed by atoms with van der Waals surface area (Å²) in [6, 6.07) is 5.72. The minimum Gasteiger partial charge on any atom is -0.461 e. The van der Waals surface area contributed by atoms with Crippen molar-refractivity contribution in [1.29, 1.82) is 0 Å². The van der Waals surface area contributed by atoms with Crippen LogP contribution in [-0.4, -0.2) is 6.36 Å². The lowest BCUT2D eigenvalue weighted by Gasteiger charge is -2.12. The van der Waals surface area contributed by atoms with Crippen LogP contribution in [0.3, 0.4) is 0 Å². The Morgan fingerprint density at radius 1 is 1.39 bits per heavy atom. The molecule has 2 heteroatoms. The normalized spacial score (nSPS) is 15.3. The summed E-state index contributed by atoms with van der Waals surface area (Å²) in [5.41, 5.74) is 3.58. The van der Waals surface area contributed by atoms with E-state index in [0.29, 0.717) is 11.7 Å². The topological polar surface area (TPSA) is 9.23 Å². The van der Waals surface area contributed by atoms with E-state index in [0.717, 1.165) is 12.0 Å². The molecule has 1 aromatic rings. The number of benzene rings is 1. The molecule has 0 amide bonds. The van der Waals surface area contributed by atoms with Gasteiger partial charge in [0.25, 0.3) is 0 Å². The molecular formula is C16H23FO. The average molecular weight is 250 g/mol. The molecule has 0 saturated carbocycles. The van der Waals surface area contributed by atoms with Gasteiger partial charge < -0.3 is 4.74 Å². The van der Waals surface area contributed by atoms with Crippen molar-refractivity contribution < 1.29 is 9.13 Å². The molecule has 0 N–H and O–H groups in total. The number of hydrogen-bond donors (Lipinski definition) is 0. The number of halogens is 1. The Bertz CT molecular complexity index is 421. The fourth-order valence-corrected chi connectivity index (χ4v) is 1.97. The molecule has 0 aliphatic rings. The van der Waals surface area contributed by atoms with Gasteiger partial charge in [0, 0.05) is 6.92 Å². The highest BCUT2D eigenvalue weighted by molar-refractivity contribution is 5.67. The van der Waals surface area contributed by atoms with Gasteiger partial charge in [0.2, 0.25) is 6.36 Å². The zero-order chi connectivity index (χ0) is 13.7. The first-order valence-electron chi connectivity index (χ1n) is 6.54. The molecule has 2 unspecified atom stereocenters. The summed E-state index contributed by atoms with van der Waals surface area (Å²) in [4.78, 5) is 0. The minimum atomic E-state index is -1.27. The van der Waals surface area contributed by atoms with Gasteiger partial charge in [0.1, 0.15) is 5.75 Å². The minimum absolute atomic E-state index is 0.575. The number of aryl methyl sites for hydroxylation is 1. The van der Waals surface area contributed by atoms with Gasteiger partial charge in [0.15, 0.2) is 0 Å². The fraction of sp³-hybridized carbons (Fsp3) is 0.500. The Hall–Kier alpha value is -1.31. The maximum atomic E-state index is 12.8. The zero-order valence-electron chi connectivity index (χ0n) is 12.0. The summed E-state index contributed by atoms with van der Waals surface area (Å²) in [5.74, 6) is 1.16. The summed E-state index contributed by atoms with van der Waals surface area (Å²) < 4.78 is 17.8. The molecule has 0 heterocycles. The van der Waals surface area contributed by atoms with Gasteiger partial charge in [-0.25, -0.2) is 4.39 Å². The first kappa shape index (κ1) is 14.7. The predicted molar refractivity (Wildman–Crippen MR) is 75.5 cm³/mol. The smallest absolute Gasteiger partial charge is 0.235 e. The number of hydrogen-bond acceptors (Lipinski definition) is 1. The summed E-state index contributed by atoms with van der Waals surface area (Å²) in [6.07, 6.45) is 2.14. The van der Waals surface area contributed by atoms with E-state index in [9.17, 15) is 4.39 Å².